The average molecular weight is 377 g/mol. The van der Waals surface area contributed by atoms with Gasteiger partial charge in [-0.15, -0.1) is 0 Å². The van der Waals surface area contributed by atoms with Gasteiger partial charge in [0.1, 0.15) is 0 Å². The quantitative estimate of drug-likeness (QED) is 0.708. The highest BCUT2D eigenvalue weighted by molar-refractivity contribution is 5.66. The molecule has 2 aromatic heterocycles. The zero-order valence-corrected chi connectivity index (χ0v) is 16.9. The summed E-state index contributed by atoms with van der Waals surface area (Å²) in [5, 5.41) is 8.14. The molecule has 0 saturated carbocycles. The second-order valence-electron chi connectivity index (χ2n) is 7.55. The Morgan fingerprint density at radius 2 is 1.96 bits per heavy atom. The smallest absolute Gasteiger partial charge is 0.223 e. The van der Waals surface area contributed by atoms with Gasteiger partial charge in [-0.25, -0.2) is 14.6 Å². The zero-order chi connectivity index (χ0) is 19.5. The van der Waals surface area contributed by atoms with Crippen LogP contribution in [-0.2, 0) is 0 Å². The third kappa shape index (κ3) is 3.78. The van der Waals surface area contributed by atoms with Crippen LogP contribution in [0.2, 0.25) is 0 Å². The van der Waals surface area contributed by atoms with Gasteiger partial charge in [0.2, 0.25) is 5.95 Å². The van der Waals surface area contributed by atoms with Gasteiger partial charge in [0.05, 0.1) is 22.8 Å². The Kier molecular flexibility index (Phi) is 5.39. The van der Waals surface area contributed by atoms with E-state index >= 15 is 0 Å². The van der Waals surface area contributed by atoms with Crippen LogP contribution in [0.4, 0.5) is 5.95 Å². The molecule has 0 amide bonds. The summed E-state index contributed by atoms with van der Waals surface area (Å²) in [6.07, 6.45) is 5.53. The first-order chi connectivity index (χ1) is 13.6. The standard InChI is InChI=1S/C22H28N6/c1-16-21(17(2)28(26-16)19-8-5-4-6-9-19)20-12-14-24-22(25-20)23-13-11-18-10-7-15-27(18)3/h4-6,8-9,12,14,18H,7,10-11,13,15H2,1-3H3,(H,23,24,25)/t18-/m1/s1. The third-order valence-corrected chi connectivity index (χ3v) is 5.64. The van der Waals surface area contributed by atoms with Crippen molar-refractivity contribution in [3.05, 3.63) is 54.0 Å². The van der Waals surface area contributed by atoms with Crippen molar-refractivity contribution in [3.8, 4) is 16.9 Å². The predicted molar refractivity (Wildman–Crippen MR) is 113 cm³/mol. The van der Waals surface area contributed by atoms with E-state index in [1.54, 1.807) is 0 Å². The maximum Gasteiger partial charge on any atom is 0.223 e. The van der Waals surface area contributed by atoms with Crippen molar-refractivity contribution in [3.63, 3.8) is 0 Å². The molecule has 146 valence electrons. The van der Waals surface area contributed by atoms with Gasteiger partial charge in [0, 0.05) is 24.3 Å². The van der Waals surface area contributed by atoms with E-state index in [1.807, 2.05) is 42.1 Å². The molecule has 28 heavy (non-hydrogen) atoms. The molecule has 1 aromatic carbocycles. The molecule has 1 atom stereocenters. The molecule has 1 aliphatic rings. The molecule has 0 unspecified atom stereocenters. The largest absolute Gasteiger partial charge is 0.354 e. The first-order valence-electron chi connectivity index (χ1n) is 10.0. The molecule has 1 fully saturated rings. The molecule has 0 spiro atoms. The van der Waals surface area contributed by atoms with Gasteiger partial charge < -0.3 is 10.2 Å². The fourth-order valence-corrected chi connectivity index (χ4v) is 4.11. The van der Waals surface area contributed by atoms with Gasteiger partial charge in [0.15, 0.2) is 0 Å². The lowest BCUT2D eigenvalue weighted by molar-refractivity contribution is 0.301. The molecule has 0 aliphatic carbocycles. The lowest BCUT2D eigenvalue weighted by atomic mass is 10.1. The van der Waals surface area contributed by atoms with Crippen LogP contribution in [0.25, 0.3) is 16.9 Å². The summed E-state index contributed by atoms with van der Waals surface area (Å²) in [5.41, 5.74) is 5.10. The van der Waals surface area contributed by atoms with Crippen LogP contribution in [0.1, 0.15) is 30.7 Å². The minimum atomic E-state index is 0.671. The summed E-state index contributed by atoms with van der Waals surface area (Å²) in [5.74, 6) is 0.685. The van der Waals surface area contributed by atoms with Gasteiger partial charge in [0.25, 0.3) is 0 Å². The summed E-state index contributed by atoms with van der Waals surface area (Å²) in [6, 6.07) is 12.8. The molecule has 4 rings (SSSR count). The summed E-state index contributed by atoms with van der Waals surface area (Å²) in [7, 11) is 2.21. The second kappa shape index (κ2) is 8.10. The van der Waals surface area contributed by atoms with Crippen LogP contribution in [-0.4, -0.2) is 50.8 Å². The number of hydrogen-bond donors (Lipinski definition) is 1. The van der Waals surface area contributed by atoms with Gasteiger partial charge in [-0.05, 0) is 64.9 Å². The fourth-order valence-electron chi connectivity index (χ4n) is 4.11. The van der Waals surface area contributed by atoms with Crippen molar-refractivity contribution >= 4 is 5.95 Å². The molecule has 1 aliphatic heterocycles. The highest BCUT2D eigenvalue weighted by Crippen LogP contribution is 2.27. The van der Waals surface area contributed by atoms with Crippen molar-refractivity contribution < 1.29 is 0 Å². The lowest BCUT2D eigenvalue weighted by Gasteiger charge is -2.19. The van der Waals surface area contributed by atoms with Crippen molar-refractivity contribution in [2.24, 2.45) is 0 Å². The number of nitrogens with one attached hydrogen (secondary N) is 1. The lowest BCUT2D eigenvalue weighted by Crippen LogP contribution is -2.27. The minimum Gasteiger partial charge on any atom is -0.354 e. The first-order valence-corrected chi connectivity index (χ1v) is 10.0. The Bertz CT molecular complexity index is 933. The molecule has 6 nitrogen and oxygen atoms in total. The molecule has 0 radical (unpaired) electrons. The van der Waals surface area contributed by atoms with Crippen LogP contribution in [0.15, 0.2) is 42.6 Å². The van der Waals surface area contributed by atoms with Crippen molar-refractivity contribution in [2.45, 2.75) is 39.2 Å². The summed E-state index contributed by atoms with van der Waals surface area (Å²) in [4.78, 5) is 11.6. The maximum absolute atomic E-state index is 4.77. The molecule has 1 N–H and O–H groups in total. The number of aryl methyl sites for hydroxylation is 1. The number of likely N-dealkylation sites (tertiary alicyclic amines) is 1. The number of rotatable bonds is 6. The molecule has 3 heterocycles. The van der Waals surface area contributed by atoms with Gasteiger partial charge in [-0.1, -0.05) is 18.2 Å². The molecule has 3 aromatic rings. The van der Waals surface area contributed by atoms with E-state index in [-0.39, 0.29) is 0 Å². The van der Waals surface area contributed by atoms with Gasteiger partial charge in [-0.3, -0.25) is 0 Å². The maximum atomic E-state index is 4.77. The van der Waals surface area contributed by atoms with Crippen LogP contribution >= 0.6 is 0 Å². The van der Waals surface area contributed by atoms with E-state index in [9.17, 15) is 0 Å². The highest BCUT2D eigenvalue weighted by Gasteiger charge is 2.20. The number of benzene rings is 1. The Balaban J connectivity index is 1.52. The topological polar surface area (TPSA) is 58.9 Å². The number of nitrogens with zero attached hydrogens (tertiary/aromatic N) is 5. The average Bonchev–Trinajstić information content (AvgIpc) is 3.25. The minimum absolute atomic E-state index is 0.671. The van der Waals surface area contributed by atoms with Gasteiger partial charge >= 0.3 is 0 Å². The summed E-state index contributed by atoms with van der Waals surface area (Å²) < 4.78 is 1.98. The zero-order valence-electron chi connectivity index (χ0n) is 16.9. The van der Waals surface area contributed by atoms with Gasteiger partial charge in [-0.2, -0.15) is 5.10 Å². The van der Waals surface area contributed by atoms with Crippen molar-refractivity contribution in [1.82, 2.24) is 24.6 Å². The molecular weight excluding hydrogens is 348 g/mol. The summed E-state index contributed by atoms with van der Waals surface area (Å²) in [6.45, 7) is 6.22. The van der Waals surface area contributed by atoms with E-state index in [1.165, 1.54) is 19.4 Å². The van der Waals surface area contributed by atoms with E-state index in [4.69, 9.17) is 10.1 Å². The Morgan fingerprint density at radius 1 is 1.14 bits per heavy atom. The van der Waals surface area contributed by atoms with E-state index < -0.39 is 0 Å². The number of hydrogen-bond acceptors (Lipinski definition) is 5. The van der Waals surface area contributed by atoms with Crippen LogP contribution in [0.5, 0.6) is 0 Å². The highest BCUT2D eigenvalue weighted by atomic mass is 15.3. The molecule has 0 bridgehead atoms. The molecular formula is C22H28N6. The van der Waals surface area contributed by atoms with E-state index in [2.05, 4.69) is 41.3 Å². The Morgan fingerprint density at radius 3 is 2.71 bits per heavy atom. The van der Waals surface area contributed by atoms with Crippen LogP contribution < -0.4 is 5.32 Å². The molecule has 6 heteroatoms. The van der Waals surface area contributed by atoms with Crippen molar-refractivity contribution in [2.75, 3.05) is 25.5 Å². The second-order valence-corrected chi connectivity index (χ2v) is 7.55. The Hall–Kier alpha value is -2.73. The fraction of sp³-hybridized carbons (Fsp3) is 0.409. The normalized spacial score (nSPS) is 17.2. The van der Waals surface area contributed by atoms with Crippen molar-refractivity contribution in [1.29, 1.82) is 0 Å². The third-order valence-electron chi connectivity index (χ3n) is 5.64. The Labute approximate surface area is 166 Å². The van der Waals surface area contributed by atoms with E-state index in [0.29, 0.717) is 12.0 Å². The van der Waals surface area contributed by atoms with Crippen LogP contribution in [0.3, 0.4) is 0 Å². The van der Waals surface area contributed by atoms with E-state index in [0.717, 1.165) is 41.3 Å². The predicted octanol–water partition coefficient (Wildman–Crippen LogP) is 3.84. The SMILES string of the molecule is Cc1nn(-c2ccccc2)c(C)c1-c1ccnc(NCC[C@H]2CCCN2C)n1. The summed E-state index contributed by atoms with van der Waals surface area (Å²) >= 11 is 0. The first kappa shape index (κ1) is 18.6. The number of para-hydroxylation sites is 1. The molecule has 1 saturated heterocycles. The number of anilines is 1. The monoisotopic (exact) mass is 376 g/mol. The van der Waals surface area contributed by atoms with Crippen LogP contribution in [0, 0.1) is 13.8 Å². The number of aromatic nitrogens is 4.